The Morgan fingerprint density at radius 1 is 1.15 bits per heavy atom. The van der Waals surface area contributed by atoms with E-state index in [0.717, 1.165) is 0 Å². The monoisotopic (exact) mass is 181 g/mol. The van der Waals surface area contributed by atoms with Crippen LogP contribution in [0.15, 0.2) is 10.1 Å². The second-order valence-corrected chi connectivity index (χ2v) is 4.73. The van der Waals surface area contributed by atoms with Crippen molar-refractivity contribution in [2.45, 2.75) is 45.7 Å². The molecular formula is C10H19N3. The van der Waals surface area contributed by atoms with Crippen LogP contribution in [0.3, 0.4) is 0 Å². The Morgan fingerprint density at radius 3 is 2.31 bits per heavy atom. The van der Waals surface area contributed by atoms with Crippen LogP contribution in [0, 0.1) is 5.92 Å². The molecule has 0 bridgehead atoms. The zero-order valence-corrected chi connectivity index (χ0v) is 9.13. The third kappa shape index (κ3) is 2.29. The van der Waals surface area contributed by atoms with Gasteiger partial charge in [0, 0.05) is 6.21 Å². The number of nitrogens with zero attached hydrogens (tertiary/aromatic N) is 2. The molecule has 74 valence electrons. The summed E-state index contributed by atoms with van der Waals surface area (Å²) in [6.07, 6.45) is 3.84. The molecule has 0 aromatic heterocycles. The average Bonchev–Trinajstić information content (AvgIpc) is 2.12. The lowest BCUT2D eigenvalue weighted by Gasteiger charge is -2.23. The second kappa shape index (κ2) is 3.13. The van der Waals surface area contributed by atoms with Crippen molar-refractivity contribution in [3.63, 3.8) is 0 Å². The minimum Gasteiger partial charge on any atom is -0.299 e. The molecule has 3 heteroatoms. The molecule has 0 aliphatic carbocycles. The minimum absolute atomic E-state index is 0.136. The zero-order chi connectivity index (χ0) is 10.1. The molecule has 1 aliphatic heterocycles. The first-order valence-electron chi connectivity index (χ1n) is 4.73. The Morgan fingerprint density at radius 2 is 1.77 bits per heavy atom. The van der Waals surface area contributed by atoms with E-state index in [-0.39, 0.29) is 11.1 Å². The van der Waals surface area contributed by atoms with Gasteiger partial charge in [-0.15, -0.1) is 0 Å². The van der Waals surface area contributed by atoms with Crippen LogP contribution in [0.1, 0.15) is 34.6 Å². The van der Waals surface area contributed by atoms with Crippen molar-refractivity contribution >= 4 is 12.4 Å². The molecule has 1 atom stereocenters. The molecule has 0 aromatic carbocycles. The number of nitrogens with one attached hydrogen (secondary N) is 1. The van der Waals surface area contributed by atoms with Crippen LogP contribution in [0.25, 0.3) is 0 Å². The maximum absolute atomic E-state index is 4.57. The first kappa shape index (κ1) is 10.2. The van der Waals surface area contributed by atoms with E-state index in [1.165, 1.54) is 0 Å². The van der Waals surface area contributed by atoms with Crippen molar-refractivity contribution in [3.8, 4) is 0 Å². The number of rotatable bonds is 1. The highest BCUT2D eigenvalue weighted by Crippen LogP contribution is 2.21. The minimum atomic E-state index is -0.166. The van der Waals surface area contributed by atoms with Crippen molar-refractivity contribution in [1.82, 2.24) is 5.43 Å². The summed E-state index contributed by atoms with van der Waals surface area (Å²) in [5, 5.41) is 4.20. The highest BCUT2D eigenvalue weighted by molar-refractivity contribution is 5.79. The Balaban J connectivity index is 2.93. The largest absolute Gasteiger partial charge is 0.299 e. The van der Waals surface area contributed by atoms with Gasteiger partial charge in [-0.25, -0.2) is 0 Å². The molecule has 3 nitrogen and oxygen atoms in total. The van der Waals surface area contributed by atoms with Gasteiger partial charge in [0.15, 0.2) is 0 Å². The van der Waals surface area contributed by atoms with Crippen molar-refractivity contribution < 1.29 is 0 Å². The maximum Gasteiger partial charge on any atom is 0.0966 e. The normalized spacial score (nSPS) is 31.5. The third-order valence-electron chi connectivity index (χ3n) is 2.51. The summed E-state index contributed by atoms with van der Waals surface area (Å²) in [5.41, 5.74) is 2.75. The SMILES string of the molecule is CC(C)C1(C)C=NNC(C)(C)C=N1. The maximum atomic E-state index is 4.57. The summed E-state index contributed by atoms with van der Waals surface area (Å²) >= 11 is 0. The van der Waals surface area contributed by atoms with Crippen LogP contribution in [-0.4, -0.2) is 23.5 Å². The molecule has 0 amide bonds. The molecule has 1 unspecified atom stereocenters. The van der Waals surface area contributed by atoms with E-state index in [4.69, 9.17) is 0 Å². The highest BCUT2D eigenvalue weighted by Gasteiger charge is 2.28. The third-order valence-corrected chi connectivity index (χ3v) is 2.51. The smallest absolute Gasteiger partial charge is 0.0966 e. The Hall–Kier alpha value is -0.860. The first-order valence-corrected chi connectivity index (χ1v) is 4.73. The van der Waals surface area contributed by atoms with Gasteiger partial charge >= 0.3 is 0 Å². The number of aliphatic imine (C=N–C) groups is 1. The molecular weight excluding hydrogens is 162 g/mol. The quantitative estimate of drug-likeness (QED) is 0.658. The Labute approximate surface area is 80.3 Å². The summed E-state index contributed by atoms with van der Waals surface area (Å²) in [6, 6.07) is 0. The van der Waals surface area contributed by atoms with Crippen LogP contribution in [0.5, 0.6) is 0 Å². The standard InChI is InChI=1S/C10H19N3/c1-8(2)10(5)7-12-13-9(3,4)6-11-10/h6-8,13H,1-5H3. The van der Waals surface area contributed by atoms with Gasteiger partial charge in [0.2, 0.25) is 0 Å². The second-order valence-electron chi connectivity index (χ2n) is 4.73. The summed E-state index contributed by atoms with van der Waals surface area (Å²) in [4.78, 5) is 4.57. The van der Waals surface area contributed by atoms with Crippen molar-refractivity contribution in [2.75, 3.05) is 0 Å². The molecule has 0 spiro atoms. The first-order chi connectivity index (χ1) is 5.86. The topological polar surface area (TPSA) is 36.8 Å². The molecule has 0 saturated heterocycles. The molecule has 0 saturated carbocycles. The lowest BCUT2D eigenvalue weighted by Crippen LogP contribution is -2.36. The van der Waals surface area contributed by atoms with Crippen LogP contribution >= 0.6 is 0 Å². The van der Waals surface area contributed by atoms with Crippen molar-refractivity contribution in [2.24, 2.45) is 16.0 Å². The van der Waals surface area contributed by atoms with E-state index in [9.17, 15) is 0 Å². The number of hydrogen-bond donors (Lipinski definition) is 1. The van der Waals surface area contributed by atoms with E-state index < -0.39 is 0 Å². The van der Waals surface area contributed by atoms with Crippen LogP contribution in [0.4, 0.5) is 0 Å². The van der Waals surface area contributed by atoms with Crippen molar-refractivity contribution in [1.29, 1.82) is 0 Å². The van der Waals surface area contributed by atoms with Gasteiger partial charge < -0.3 is 0 Å². The lowest BCUT2D eigenvalue weighted by atomic mass is 9.90. The zero-order valence-electron chi connectivity index (χ0n) is 9.13. The molecule has 1 rings (SSSR count). The Bertz CT molecular complexity index is 241. The van der Waals surface area contributed by atoms with E-state index in [0.29, 0.717) is 5.92 Å². The van der Waals surface area contributed by atoms with Gasteiger partial charge in [-0.3, -0.25) is 10.4 Å². The van der Waals surface area contributed by atoms with E-state index >= 15 is 0 Å². The molecule has 13 heavy (non-hydrogen) atoms. The van der Waals surface area contributed by atoms with Gasteiger partial charge in [-0.1, -0.05) is 13.8 Å². The molecule has 1 heterocycles. The summed E-state index contributed by atoms with van der Waals surface area (Å²) < 4.78 is 0. The van der Waals surface area contributed by atoms with Crippen LogP contribution in [-0.2, 0) is 0 Å². The van der Waals surface area contributed by atoms with Gasteiger partial charge in [0.25, 0.3) is 0 Å². The van der Waals surface area contributed by atoms with E-state index in [2.05, 4.69) is 50.1 Å². The summed E-state index contributed by atoms with van der Waals surface area (Å²) in [6.45, 7) is 10.5. The highest BCUT2D eigenvalue weighted by atomic mass is 15.3. The summed E-state index contributed by atoms with van der Waals surface area (Å²) in [5.74, 6) is 0.461. The molecule has 0 fully saturated rings. The van der Waals surface area contributed by atoms with Gasteiger partial charge in [-0.05, 0) is 26.7 Å². The fourth-order valence-corrected chi connectivity index (χ4v) is 0.990. The predicted molar refractivity (Wildman–Crippen MR) is 57.4 cm³/mol. The fourth-order valence-electron chi connectivity index (χ4n) is 0.990. The average molecular weight is 181 g/mol. The molecule has 0 radical (unpaired) electrons. The van der Waals surface area contributed by atoms with Gasteiger partial charge in [-0.2, -0.15) is 5.10 Å². The van der Waals surface area contributed by atoms with Crippen LogP contribution in [0.2, 0.25) is 0 Å². The van der Waals surface area contributed by atoms with Crippen molar-refractivity contribution in [3.05, 3.63) is 0 Å². The molecule has 1 N–H and O–H groups in total. The fraction of sp³-hybridized carbons (Fsp3) is 0.800. The summed E-state index contributed by atoms with van der Waals surface area (Å²) in [7, 11) is 0. The Kier molecular flexibility index (Phi) is 2.46. The molecule has 1 aliphatic rings. The lowest BCUT2D eigenvalue weighted by molar-refractivity contribution is 0.460. The van der Waals surface area contributed by atoms with Gasteiger partial charge in [0.1, 0.15) is 0 Å². The van der Waals surface area contributed by atoms with Gasteiger partial charge in [0.05, 0.1) is 17.3 Å². The van der Waals surface area contributed by atoms with Crippen LogP contribution < -0.4 is 5.43 Å². The molecule has 0 aromatic rings. The number of hydrogen-bond acceptors (Lipinski definition) is 3. The predicted octanol–water partition coefficient (Wildman–Crippen LogP) is 1.84. The number of hydrazone groups is 1. The van der Waals surface area contributed by atoms with E-state index in [1.807, 2.05) is 12.4 Å². The van der Waals surface area contributed by atoms with E-state index in [1.54, 1.807) is 0 Å².